The molecule has 1 rings (SSSR count). The van der Waals surface area contributed by atoms with Crippen LogP contribution in [0.2, 0.25) is 0 Å². The van der Waals surface area contributed by atoms with Crippen molar-refractivity contribution in [3.63, 3.8) is 0 Å². The molecule has 0 spiro atoms. The molecule has 5 N–H and O–H groups in total. The molecule has 7 nitrogen and oxygen atoms in total. The van der Waals surface area contributed by atoms with Crippen LogP contribution in [0.5, 0.6) is 0 Å². The van der Waals surface area contributed by atoms with Gasteiger partial charge in [-0.15, -0.1) is 0 Å². The highest BCUT2D eigenvalue weighted by molar-refractivity contribution is 6.00. The molecule has 1 heterocycles. The van der Waals surface area contributed by atoms with E-state index in [-0.39, 0.29) is 0 Å². The van der Waals surface area contributed by atoms with E-state index in [9.17, 15) is 14.4 Å². The van der Waals surface area contributed by atoms with Crippen molar-refractivity contribution in [3.8, 4) is 0 Å². The number of nitrogens with two attached hydrogens (primary N) is 1. The highest BCUT2D eigenvalue weighted by atomic mass is 16.2. The lowest BCUT2D eigenvalue weighted by molar-refractivity contribution is -0.120. The Labute approximate surface area is 61.3 Å². The summed E-state index contributed by atoms with van der Waals surface area (Å²) in [5, 5.41) is 6.04. The molecule has 1 saturated heterocycles. The number of amides is 5. The third-order valence-electron chi connectivity index (χ3n) is 1.06. The molecule has 0 saturated carbocycles. The first-order chi connectivity index (χ1) is 5.09. The average Bonchev–Trinajstić information content (AvgIpc) is 1.85. The molecular weight excluding hydrogens is 152 g/mol. The molecule has 5 amide bonds. The van der Waals surface area contributed by atoms with Crippen molar-refractivity contribution >= 4 is 18.0 Å². The summed E-state index contributed by atoms with van der Waals surface area (Å²) in [4.78, 5) is 31.4. The standard InChI is InChI=1S/C4H6N4O3/c5-1(9)2-6-3(10)8-4(11)7-2/h2H,(H2,5,9)(H3,6,7,8,10,11). The second kappa shape index (κ2) is 2.45. The van der Waals surface area contributed by atoms with E-state index in [0.717, 1.165) is 0 Å². The van der Waals surface area contributed by atoms with Gasteiger partial charge in [0.1, 0.15) is 0 Å². The predicted molar refractivity (Wildman–Crippen MR) is 33.2 cm³/mol. The third kappa shape index (κ3) is 1.57. The number of imide groups is 1. The van der Waals surface area contributed by atoms with Gasteiger partial charge in [-0.1, -0.05) is 0 Å². The molecule has 0 aromatic rings. The van der Waals surface area contributed by atoms with E-state index in [2.05, 4.69) is 10.6 Å². The van der Waals surface area contributed by atoms with Crippen LogP contribution >= 0.6 is 0 Å². The van der Waals surface area contributed by atoms with Crippen LogP contribution in [0, 0.1) is 0 Å². The topological polar surface area (TPSA) is 113 Å². The molecular formula is C4H6N4O3. The molecule has 0 radical (unpaired) electrons. The summed E-state index contributed by atoms with van der Waals surface area (Å²) in [5.74, 6) is -0.812. The van der Waals surface area contributed by atoms with Crippen molar-refractivity contribution < 1.29 is 14.4 Å². The van der Waals surface area contributed by atoms with Crippen LogP contribution in [0.1, 0.15) is 0 Å². The lowest BCUT2D eigenvalue weighted by Gasteiger charge is -2.21. The number of hydrogen-bond donors (Lipinski definition) is 4. The quantitative estimate of drug-likeness (QED) is 0.348. The predicted octanol–water partition coefficient (Wildman–Crippen LogP) is -2.18. The lowest BCUT2D eigenvalue weighted by Crippen LogP contribution is -2.65. The molecule has 0 atom stereocenters. The Hall–Kier alpha value is -1.79. The number of carbonyl (C=O) groups is 3. The Bertz CT molecular complexity index is 209. The Balaban J connectivity index is 2.63. The molecule has 1 aliphatic heterocycles. The number of nitrogens with one attached hydrogen (secondary N) is 3. The van der Waals surface area contributed by atoms with E-state index in [4.69, 9.17) is 5.73 Å². The Morgan fingerprint density at radius 1 is 1.27 bits per heavy atom. The van der Waals surface area contributed by atoms with Gasteiger partial charge in [-0.05, 0) is 0 Å². The molecule has 0 aliphatic carbocycles. The monoisotopic (exact) mass is 158 g/mol. The van der Waals surface area contributed by atoms with E-state index in [0.29, 0.717) is 0 Å². The fraction of sp³-hybridized carbons (Fsp3) is 0.250. The summed E-state index contributed by atoms with van der Waals surface area (Å²) in [5.41, 5.74) is 4.80. The minimum absolute atomic E-state index is 0.738. The van der Waals surface area contributed by atoms with Gasteiger partial charge in [0.05, 0.1) is 0 Å². The Morgan fingerprint density at radius 2 is 1.73 bits per heavy atom. The SMILES string of the molecule is NC(=O)C1NC(=O)NC(=O)N1. The van der Waals surface area contributed by atoms with E-state index < -0.39 is 24.1 Å². The normalized spacial score (nSPS) is 18.2. The summed E-state index contributed by atoms with van der Waals surface area (Å²) in [6.45, 7) is 0. The Morgan fingerprint density at radius 3 is 2.09 bits per heavy atom. The van der Waals surface area contributed by atoms with E-state index in [1.807, 2.05) is 5.32 Å². The zero-order valence-corrected chi connectivity index (χ0v) is 5.38. The summed E-state index contributed by atoms with van der Waals surface area (Å²) in [6, 6.07) is -1.48. The largest absolute Gasteiger partial charge is 0.366 e. The minimum atomic E-state index is -1.11. The summed E-state index contributed by atoms with van der Waals surface area (Å²) in [6.07, 6.45) is -1.11. The first-order valence-electron chi connectivity index (χ1n) is 2.77. The first-order valence-corrected chi connectivity index (χ1v) is 2.77. The maximum Gasteiger partial charge on any atom is 0.324 e. The highest BCUT2D eigenvalue weighted by Gasteiger charge is 2.25. The molecule has 0 unspecified atom stereocenters. The van der Waals surface area contributed by atoms with Crippen molar-refractivity contribution in [1.82, 2.24) is 16.0 Å². The fourth-order valence-corrected chi connectivity index (χ4v) is 0.616. The van der Waals surface area contributed by atoms with Crippen LogP contribution in [0.25, 0.3) is 0 Å². The molecule has 1 fully saturated rings. The minimum Gasteiger partial charge on any atom is -0.366 e. The molecule has 60 valence electrons. The lowest BCUT2D eigenvalue weighted by atomic mass is 10.4. The first kappa shape index (κ1) is 7.32. The van der Waals surface area contributed by atoms with Crippen molar-refractivity contribution in [1.29, 1.82) is 0 Å². The zero-order chi connectivity index (χ0) is 8.43. The van der Waals surface area contributed by atoms with Crippen molar-refractivity contribution in [2.45, 2.75) is 6.17 Å². The van der Waals surface area contributed by atoms with Gasteiger partial charge in [0, 0.05) is 0 Å². The summed E-state index contributed by atoms with van der Waals surface area (Å²) in [7, 11) is 0. The summed E-state index contributed by atoms with van der Waals surface area (Å²) >= 11 is 0. The van der Waals surface area contributed by atoms with Gasteiger partial charge in [0.2, 0.25) is 0 Å². The molecule has 11 heavy (non-hydrogen) atoms. The Kier molecular flexibility index (Phi) is 1.63. The van der Waals surface area contributed by atoms with Crippen LogP contribution in [0.15, 0.2) is 0 Å². The molecule has 0 aromatic heterocycles. The number of primary amides is 1. The number of hydrogen-bond acceptors (Lipinski definition) is 3. The van der Waals surface area contributed by atoms with Crippen LogP contribution in [-0.4, -0.2) is 24.1 Å². The van der Waals surface area contributed by atoms with Gasteiger partial charge in [-0.25, -0.2) is 9.59 Å². The van der Waals surface area contributed by atoms with Crippen molar-refractivity contribution in [2.75, 3.05) is 0 Å². The van der Waals surface area contributed by atoms with Crippen molar-refractivity contribution in [2.24, 2.45) is 5.73 Å². The van der Waals surface area contributed by atoms with Crippen LogP contribution in [-0.2, 0) is 4.79 Å². The third-order valence-corrected chi connectivity index (χ3v) is 1.06. The van der Waals surface area contributed by atoms with Crippen LogP contribution < -0.4 is 21.7 Å². The van der Waals surface area contributed by atoms with Gasteiger partial charge in [0.25, 0.3) is 5.91 Å². The van der Waals surface area contributed by atoms with Gasteiger partial charge in [-0.2, -0.15) is 0 Å². The van der Waals surface area contributed by atoms with Gasteiger partial charge >= 0.3 is 12.1 Å². The van der Waals surface area contributed by atoms with Gasteiger partial charge in [0.15, 0.2) is 6.17 Å². The van der Waals surface area contributed by atoms with Crippen LogP contribution in [0.4, 0.5) is 9.59 Å². The van der Waals surface area contributed by atoms with Crippen LogP contribution in [0.3, 0.4) is 0 Å². The highest BCUT2D eigenvalue weighted by Crippen LogP contribution is 1.83. The van der Waals surface area contributed by atoms with E-state index in [1.54, 1.807) is 0 Å². The number of rotatable bonds is 1. The molecule has 0 aromatic carbocycles. The van der Waals surface area contributed by atoms with Gasteiger partial charge in [-0.3, -0.25) is 10.1 Å². The number of urea groups is 2. The van der Waals surface area contributed by atoms with Crippen molar-refractivity contribution in [3.05, 3.63) is 0 Å². The van der Waals surface area contributed by atoms with E-state index >= 15 is 0 Å². The zero-order valence-electron chi connectivity index (χ0n) is 5.38. The maximum absolute atomic E-state index is 10.5. The fourth-order valence-electron chi connectivity index (χ4n) is 0.616. The number of carbonyl (C=O) groups excluding carboxylic acids is 3. The molecule has 1 aliphatic rings. The average molecular weight is 158 g/mol. The molecule has 0 bridgehead atoms. The molecule has 7 heteroatoms. The second-order valence-electron chi connectivity index (χ2n) is 1.91. The van der Waals surface area contributed by atoms with E-state index in [1.165, 1.54) is 0 Å². The maximum atomic E-state index is 10.5. The van der Waals surface area contributed by atoms with Gasteiger partial charge < -0.3 is 16.4 Å². The smallest absolute Gasteiger partial charge is 0.324 e. The second-order valence-corrected chi connectivity index (χ2v) is 1.91. The summed E-state index contributed by atoms with van der Waals surface area (Å²) < 4.78 is 0.